The minimum Gasteiger partial charge on any atom is -0.444 e. The molecule has 1 rings (SSSR count). The molecular weight excluding hydrogens is 230 g/mol. The summed E-state index contributed by atoms with van der Waals surface area (Å²) in [6.45, 7) is 7.81. The molecule has 1 amide bonds. The van der Waals surface area contributed by atoms with Crippen LogP contribution in [0.25, 0.3) is 0 Å². The van der Waals surface area contributed by atoms with E-state index in [1.54, 1.807) is 6.92 Å². The predicted molar refractivity (Wildman–Crippen MR) is 70.4 cm³/mol. The van der Waals surface area contributed by atoms with Crippen molar-refractivity contribution < 1.29 is 14.3 Å². The van der Waals surface area contributed by atoms with Gasteiger partial charge in [0.25, 0.3) is 0 Å². The van der Waals surface area contributed by atoms with Gasteiger partial charge in [-0.2, -0.15) is 0 Å². The molecule has 2 atom stereocenters. The molecule has 1 saturated carbocycles. The second kappa shape index (κ2) is 6.21. The van der Waals surface area contributed by atoms with E-state index < -0.39 is 5.60 Å². The summed E-state index contributed by atoms with van der Waals surface area (Å²) in [6, 6.07) is 0. The maximum atomic E-state index is 11.5. The lowest BCUT2D eigenvalue weighted by molar-refractivity contribution is -0.122. The maximum Gasteiger partial charge on any atom is 0.407 e. The molecule has 0 spiro atoms. The zero-order valence-electron chi connectivity index (χ0n) is 11.9. The molecular formula is C14H25NO3. The minimum absolute atomic E-state index is 0.184. The first-order valence-electron chi connectivity index (χ1n) is 6.75. The van der Waals surface area contributed by atoms with Gasteiger partial charge in [0.2, 0.25) is 0 Å². The van der Waals surface area contributed by atoms with Crippen molar-refractivity contribution >= 4 is 11.9 Å². The van der Waals surface area contributed by atoms with Gasteiger partial charge in [-0.1, -0.05) is 6.42 Å². The number of hydrogen-bond donors (Lipinski definition) is 1. The van der Waals surface area contributed by atoms with Crippen LogP contribution in [0.15, 0.2) is 0 Å². The summed E-state index contributed by atoms with van der Waals surface area (Å²) >= 11 is 0. The first-order valence-corrected chi connectivity index (χ1v) is 6.75. The molecule has 1 aliphatic carbocycles. The van der Waals surface area contributed by atoms with E-state index in [2.05, 4.69) is 5.32 Å². The topological polar surface area (TPSA) is 55.4 Å². The van der Waals surface area contributed by atoms with Crippen LogP contribution in [0.4, 0.5) is 4.79 Å². The molecule has 0 saturated heterocycles. The zero-order chi connectivity index (χ0) is 13.8. The van der Waals surface area contributed by atoms with Gasteiger partial charge in [0.05, 0.1) is 0 Å². The zero-order valence-corrected chi connectivity index (χ0v) is 11.9. The van der Waals surface area contributed by atoms with Crippen LogP contribution in [0.5, 0.6) is 0 Å². The Morgan fingerprint density at radius 2 is 1.94 bits per heavy atom. The average molecular weight is 255 g/mol. The largest absolute Gasteiger partial charge is 0.444 e. The van der Waals surface area contributed by atoms with Crippen molar-refractivity contribution in [2.24, 2.45) is 11.8 Å². The molecule has 0 bridgehead atoms. The van der Waals surface area contributed by atoms with Crippen molar-refractivity contribution in [3.05, 3.63) is 0 Å². The molecule has 1 N–H and O–H groups in total. The van der Waals surface area contributed by atoms with Crippen LogP contribution < -0.4 is 5.32 Å². The molecule has 4 nitrogen and oxygen atoms in total. The fourth-order valence-corrected chi connectivity index (χ4v) is 2.39. The van der Waals surface area contributed by atoms with E-state index in [0.29, 0.717) is 12.5 Å². The molecule has 18 heavy (non-hydrogen) atoms. The fraction of sp³-hybridized carbons (Fsp3) is 0.857. The smallest absolute Gasteiger partial charge is 0.407 e. The fourth-order valence-electron chi connectivity index (χ4n) is 2.39. The highest BCUT2D eigenvalue weighted by molar-refractivity contribution is 5.78. The first kappa shape index (κ1) is 15.0. The van der Waals surface area contributed by atoms with Crippen molar-refractivity contribution in [2.75, 3.05) is 6.54 Å². The molecule has 2 unspecified atom stereocenters. The lowest BCUT2D eigenvalue weighted by Crippen LogP contribution is -2.36. The highest BCUT2D eigenvalue weighted by atomic mass is 16.6. The van der Waals surface area contributed by atoms with Crippen molar-refractivity contribution in [2.45, 2.75) is 59.0 Å². The summed E-state index contributed by atoms with van der Waals surface area (Å²) in [5.74, 6) is 0.862. The number of rotatable bonds is 3. The summed E-state index contributed by atoms with van der Waals surface area (Å²) in [4.78, 5) is 22.9. The van der Waals surface area contributed by atoms with E-state index >= 15 is 0 Å². The quantitative estimate of drug-likeness (QED) is 0.843. The van der Waals surface area contributed by atoms with E-state index in [4.69, 9.17) is 4.74 Å². The Bertz CT molecular complexity index is 307. The van der Waals surface area contributed by atoms with Crippen molar-refractivity contribution in [3.8, 4) is 0 Å². The molecule has 0 aromatic heterocycles. The summed E-state index contributed by atoms with van der Waals surface area (Å²) in [7, 11) is 0. The Labute approximate surface area is 109 Å². The number of amides is 1. The summed E-state index contributed by atoms with van der Waals surface area (Å²) in [6.07, 6.45) is 3.68. The molecule has 4 heteroatoms. The normalized spacial score (nSPS) is 24.4. The van der Waals surface area contributed by atoms with Crippen LogP contribution in [0.3, 0.4) is 0 Å². The highest BCUT2D eigenvalue weighted by Gasteiger charge is 2.25. The molecule has 104 valence electrons. The Balaban J connectivity index is 2.31. The van der Waals surface area contributed by atoms with Crippen molar-refractivity contribution in [3.63, 3.8) is 0 Å². The molecule has 0 heterocycles. The standard InChI is InChI=1S/C14H25NO3/c1-10(16)12-7-5-6-11(8-12)9-15-13(17)18-14(2,3)4/h11-12H,5-9H2,1-4H3,(H,15,17). The molecule has 0 aromatic carbocycles. The van der Waals surface area contributed by atoms with Gasteiger partial charge < -0.3 is 10.1 Å². The van der Waals surface area contributed by atoms with Crippen molar-refractivity contribution in [1.82, 2.24) is 5.32 Å². The van der Waals surface area contributed by atoms with Gasteiger partial charge in [-0.15, -0.1) is 0 Å². The van der Waals surface area contributed by atoms with Crippen LogP contribution in [0.1, 0.15) is 53.4 Å². The molecule has 0 aromatic rings. The number of ketones is 1. The lowest BCUT2D eigenvalue weighted by atomic mass is 9.80. The van der Waals surface area contributed by atoms with E-state index in [1.165, 1.54) is 0 Å². The van der Waals surface area contributed by atoms with Crippen LogP contribution >= 0.6 is 0 Å². The van der Waals surface area contributed by atoms with E-state index in [1.807, 2.05) is 20.8 Å². The van der Waals surface area contributed by atoms with Crippen LogP contribution in [0, 0.1) is 11.8 Å². The lowest BCUT2D eigenvalue weighted by Gasteiger charge is -2.28. The number of carbonyl (C=O) groups excluding carboxylic acids is 2. The van der Waals surface area contributed by atoms with Gasteiger partial charge in [-0.05, 0) is 52.9 Å². The van der Waals surface area contributed by atoms with Gasteiger partial charge in [-0.3, -0.25) is 4.79 Å². The minimum atomic E-state index is -0.460. The predicted octanol–water partition coefficient (Wildman–Crippen LogP) is 2.91. The first-order chi connectivity index (χ1) is 8.28. The van der Waals surface area contributed by atoms with Gasteiger partial charge >= 0.3 is 6.09 Å². The molecule has 0 aliphatic heterocycles. The van der Waals surface area contributed by atoms with Gasteiger partial charge in [0.15, 0.2) is 0 Å². The monoisotopic (exact) mass is 255 g/mol. The summed E-state index contributed by atoms with van der Waals surface area (Å²) in [5.41, 5.74) is -0.460. The number of Topliss-reactive ketones (excluding diaryl/α,β-unsaturated/α-hetero) is 1. The molecule has 1 aliphatic rings. The van der Waals surface area contributed by atoms with Crippen LogP contribution in [0.2, 0.25) is 0 Å². The molecule has 1 fully saturated rings. The number of ether oxygens (including phenoxy) is 1. The van der Waals surface area contributed by atoms with Crippen LogP contribution in [-0.2, 0) is 9.53 Å². The van der Waals surface area contributed by atoms with E-state index in [0.717, 1.165) is 25.7 Å². The number of carbonyl (C=O) groups is 2. The SMILES string of the molecule is CC(=O)C1CCCC(CNC(=O)OC(C)(C)C)C1. The number of alkyl carbamates (subject to hydrolysis) is 1. The van der Waals surface area contributed by atoms with Crippen molar-refractivity contribution in [1.29, 1.82) is 0 Å². The maximum absolute atomic E-state index is 11.5. The Morgan fingerprint density at radius 3 is 2.50 bits per heavy atom. The second-order valence-corrected chi connectivity index (χ2v) is 6.22. The second-order valence-electron chi connectivity index (χ2n) is 6.22. The van der Waals surface area contributed by atoms with Gasteiger partial charge in [0.1, 0.15) is 11.4 Å². The summed E-state index contributed by atoms with van der Waals surface area (Å²) in [5, 5.41) is 2.80. The Kier molecular flexibility index (Phi) is 5.17. The Morgan fingerprint density at radius 1 is 1.28 bits per heavy atom. The third kappa shape index (κ3) is 5.52. The number of nitrogens with one attached hydrogen (secondary N) is 1. The van der Waals surface area contributed by atoms with Gasteiger partial charge in [-0.25, -0.2) is 4.79 Å². The average Bonchev–Trinajstić information content (AvgIpc) is 2.24. The number of hydrogen-bond acceptors (Lipinski definition) is 3. The Hall–Kier alpha value is -1.06. The van der Waals surface area contributed by atoms with Crippen LogP contribution in [-0.4, -0.2) is 24.0 Å². The van der Waals surface area contributed by atoms with E-state index in [-0.39, 0.29) is 17.8 Å². The van der Waals surface area contributed by atoms with Gasteiger partial charge in [0, 0.05) is 12.5 Å². The molecule has 0 radical (unpaired) electrons. The third-order valence-corrected chi connectivity index (χ3v) is 3.29. The highest BCUT2D eigenvalue weighted by Crippen LogP contribution is 2.29. The third-order valence-electron chi connectivity index (χ3n) is 3.29. The van der Waals surface area contributed by atoms with E-state index in [9.17, 15) is 9.59 Å². The summed E-state index contributed by atoms with van der Waals surface area (Å²) < 4.78 is 5.19.